The van der Waals surface area contributed by atoms with Gasteiger partial charge in [-0.1, -0.05) is 0 Å². The van der Waals surface area contributed by atoms with Crippen LogP contribution in [0.15, 0.2) is 4.99 Å². The van der Waals surface area contributed by atoms with Crippen LogP contribution in [0.25, 0.3) is 0 Å². The number of carboxylic acid groups (broad SMARTS) is 1. The summed E-state index contributed by atoms with van der Waals surface area (Å²) >= 11 is 0. The van der Waals surface area contributed by atoms with E-state index in [9.17, 15) is 9.36 Å². The first-order valence-corrected chi connectivity index (χ1v) is 5.95. The minimum Gasteiger partial charge on any atom is -0.480 e. The number of carboxylic acids is 1. The monoisotopic (exact) mass is 277 g/mol. The summed E-state index contributed by atoms with van der Waals surface area (Å²) in [7, 11) is -4.56. The number of nitrogens with one attached hydrogen (secondary N) is 1. The topological polar surface area (TPSA) is 171 Å². The Kier molecular flexibility index (Phi) is 10.0. The molecule has 1 radical (unpaired) electrons. The predicted octanol–water partition coefficient (Wildman–Crippen LogP) is -2.21. The van der Waals surface area contributed by atoms with Gasteiger partial charge in [0.15, 0.2) is 5.96 Å². The molecule has 0 bridgehead atoms. The SMILES string of the molecule is NC(N)=NCCCC(NP(=O)(O)O)C(=O)O.[Na]. The van der Waals surface area contributed by atoms with E-state index in [-0.39, 0.29) is 48.5 Å². The minimum absolute atomic E-state index is 0. The van der Waals surface area contributed by atoms with Gasteiger partial charge in [0.25, 0.3) is 0 Å². The van der Waals surface area contributed by atoms with Crippen LogP contribution in [0.1, 0.15) is 12.8 Å². The largest absolute Gasteiger partial charge is 0.480 e. The van der Waals surface area contributed by atoms with Crippen LogP contribution in [-0.2, 0) is 9.36 Å². The van der Waals surface area contributed by atoms with E-state index in [0.717, 1.165) is 0 Å². The van der Waals surface area contributed by atoms with E-state index >= 15 is 0 Å². The van der Waals surface area contributed by atoms with E-state index < -0.39 is 19.8 Å². The van der Waals surface area contributed by atoms with E-state index in [4.69, 9.17) is 26.4 Å². The molecule has 11 heteroatoms. The maximum atomic E-state index is 10.6. The van der Waals surface area contributed by atoms with Crippen LogP contribution in [0.5, 0.6) is 0 Å². The average molecular weight is 277 g/mol. The molecule has 0 aliphatic heterocycles. The zero-order valence-electron chi connectivity index (χ0n) is 9.41. The third kappa shape index (κ3) is 12.1. The van der Waals surface area contributed by atoms with Gasteiger partial charge in [0, 0.05) is 36.1 Å². The third-order valence-electron chi connectivity index (χ3n) is 1.57. The number of aliphatic imine (C=N–C) groups is 1. The summed E-state index contributed by atoms with van der Waals surface area (Å²) < 4.78 is 10.5. The van der Waals surface area contributed by atoms with E-state index in [0.29, 0.717) is 6.42 Å². The second-order valence-corrected chi connectivity index (χ2v) is 4.36. The van der Waals surface area contributed by atoms with Gasteiger partial charge in [-0.25, -0.2) is 9.65 Å². The van der Waals surface area contributed by atoms with Crippen molar-refractivity contribution in [3.05, 3.63) is 0 Å². The third-order valence-corrected chi connectivity index (χ3v) is 2.22. The van der Waals surface area contributed by atoms with Gasteiger partial charge in [-0.05, 0) is 12.8 Å². The van der Waals surface area contributed by atoms with Crippen LogP contribution >= 0.6 is 7.75 Å². The second kappa shape index (κ2) is 8.87. The summed E-state index contributed by atoms with van der Waals surface area (Å²) in [6, 6.07) is -1.32. The van der Waals surface area contributed by atoms with Gasteiger partial charge >= 0.3 is 13.7 Å². The Morgan fingerprint density at radius 2 is 1.94 bits per heavy atom. The molecule has 0 aromatic carbocycles. The molecular formula is C6H15N4NaO5P. The summed E-state index contributed by atoms with van der Waals surface area (Å²) in [6.45, 7) is 0.203. The van der Waals surface area contributed by atoms with Crippen LogP contribution in [0.4, 0.5) is 0 Å². The van der Waals surface area contributed by atoms with Crippen molar-refractivity contribution in [2.75, 3.05) is 6.54 Å². The summed E-state index contributed by atoms with van der Waals surface area (Å²) in [5, 5.41) is 10.4. The Balaban J connectivity index is 0. The van der Waals surface area contributed by atoms with Crippen molar-refractivity contribution in [1.29, 1.82) is 0 Å². The molecule has 0 aromatic heterocycles. The van der Waals surface area contributed by atoms with Crippen molar-refractivity contribution in [2.24, 2.45) is 16.5 Å². The molecule has 0 rings (SSSR count). The Morgan fingerprint density at radius 1 is 1.41 bits per heavy atom. The van der Waals surface area contributed by atoms with Crippen molar-refractivity contribution >= 4 is 49.2 Å². The van der Waals surface area contributed by atoms with E-state index in [1.807, 2.05) is 0 Å². The number of nitrogens with zero attached hydrogens (tertiary/aromatic N) is 1. The quantitative estimate of drug-likeness (QED) is 0.0999. The number of carbonyl (C=O) groups is 1. The molecule has 95 valence electrons. The molecule has 1 unspecified atom stereocenters. The Labute approximate surface area is 120 Å². The molecule has 0 saturated carbocycles. The molecule has 0 fully saturated rings. The number of guanidine groups is 1. The molecule has 0 saturated heterocycles. The van der Waals surface area contributed by atoms with Gasteiger partial charge in [0.05, 0.1) is 0 Å². The second-order valence-electron chi connectivity index (χ2n) is 3.01. The number of hydrogen-bond donors (Lipinski definition) is 6. The van der Waals surface area contributed by atoms with Crippen LogP contribution in [-0.4, -0.2) is 69.0 Å². The minimum atomic E-state index is -4.56. The molecule has 1 atom stereocenters. The molecule has 0 amide bonds. The molecule has 0 spiro atoms. The van der Waals surface area contributed by atoms with Gasteiger partial charge in [-0.15, -0.1) is 0 Å². The fourth-order valence-corrected chi connectivity index (χ4v) is 1.60. The van der Waals surface area contributed by atoms with Gasteiger partial charge < -0.3 is 26.4 Å². The van der Waals surface area contributed by atoms with E-state index in [2.05, 4.69) is 4.99 Å². The smallest absolute Gasteiger partial charge is 0.401 e. The van der Waals surface area contributed by atoms with Gasteiger partial charge in [-0.3, -0.25) is 9.79 Å². The predicted molar refractivity (Wildman–Crippen MR) is 62.3 cm³/mol. The Hall–Kier alpha value is -0.150. The number of aliphatic carboxylic acids is 1. The Bertz CT molecular complexity index is 316. The maximum absolute atomic E-state index is 10.6. The van der Waals surface area contributed by atoms with Crippen LogP contribution < -0.4 is 16.6 Å². The zero-order chi connectivity index (χ0) is 12.8. The first-order chi connectivity index (χ1) is 7.22. The number of rotatable bonds is 7. The average Bonchev–Trinajstić information content (AvgIpc) is 2.07. The summed E-state index contributed by atoms with van der Waals surface area (Å²) in [6.07, 6.45) is 0.305. The van der Waals surface area contributed by atoms with Crippen molar-refractivity contribution in [3.63, 3.8) is 0 Å². The van der Waals surface area contributed by atoms with Gasteiger partial charge in [0.2, 0.25) is 0 Å². The van der Waals surface area contributed by atoms with Crippen molar-refractivity contribution in [1.82, 2.24) is 5.09 Å². The molecule has 0 aliphatic rings. The molecule has 0 aliphatic carbocycles. The fourth-order valence-electron chi connectivity index (χ4n) is 0.950. The number of hydrogen-bond acceptors (Lipinski definition) is 3. The van der Waals surface area contributed by atoms with E-state index in [1.54, 1.807) is 5.09 Å². The molecule has 0 aromatic rings. The van der Waals surface area contributed by atoms with Crippen LogP contribution in [0, 0.1) is 0 Å². The summed E-state index contributed by atoms with van der Waals surface area (Å²) in [5.41, 5.74) is 10.1. The maximum Gasteiger partial charge on any atom is 0.401 e. The molecule has 17 heavy (non-hydrogen) atoms. The summed E-state index contributed by atoms with van der Waals surface area (Å²) in [5.74, 6) is -1.46. The Morgan fingerprint density at radius 3 is 2.29 bits per heavy atom. The van der Waals surface area contributed by atoms with Crippen molar-refractivity contribution in [3.8, 4) is 0 Å². The normalized spacial score (nSPS) is 12.4. The molecule has 0 heterocycles. The molecular weight excluding hydrogens is 262 g/mol. The van der Waals surface area contributed by atoms with Crippen LogP contribution in [0.3, 0.4) is 0 Å². The van der Waals surface area contributed by atoms with Gasteiger partial charge in [-0.2, -0.15) is 0 Å². The van der Waals surface area contributed by atoms with Gasteiger partial charge in [0.1, 0.15) is 6.04 Å². The van der Waals surface area contributed by atoms with Crippen LogP contribution in [0.2, 0.25) is 0 Å². The van der Waals surface area contributed by atoms with Crippen molar-refractivity contribution in [2.45, 2.75) is 18.9 Å². The molecule has 9 nitrogen and oxygen atoms in total. The van der Waals surface area contributed by atoms with E-state index in [1.165, 1.54) is 0 Å². The first kappa shape index (κ1) is 19.2. The fraction of sp³-hybridized carbons (Fsp3) is 0.667. The zero-order valence-corrected chi connectivity index (χ0v) is 12.3. The van der Waals surface area contributed by atoms with Crippen molar-refractivity contribution < 1.29 is 24.3 Å². The molecule has 8 N–H and O–H groups in total. The standard InChI is InChI=1S/C6H15N4O5P.Na/c7-6(8)9-3-1-2-4(5(11)12)10-16(13,14)15;/h4H,1-3H2,(H,11,12)(H4,7,8,9)(H3,10,13,14,15);. The first-order valence-electron chi connectivity index (χ1n) is 4.34. The summed E-state index contributed by atoms with van der Waals surface area (Å²) in [4.78, 5) is 31.3. The number of nitrogens with two attached hydrogens (primary N) is 2.